The predicted molar refractivity (Wildman–Crippen MR) is 80.1 cm³/mol. The molecule has 2 heterocycles. The molecule has 0 fully saturated rings. The Labute approximate surface area is 126 Å². The average Bonchev–Trinajstić information content (AvgIpc) is 2.99. The minimum Gasteiger partial charge on any atom is -0.486 e. The second-order valence-electron chi connectivity index (χ2n) is 4.56. The van der Waals surface area contributed by atoms with Crippen LogP contribution in [0.4, 0.5) is 9.93 Å². The molecule has 2 N–H and O–H groups in total. The highest BCUT2D eigenvalue weighted by molar-refractivity contribution is 7.13. The second kappa shape index (κ2) is 6.01. The fraction of sp³-hybridized carbons (Fsp3) is 0.286. The highest BCUT2D eigenvalue weighted by atomic mass is 32.1. The van der Waals surface area contributed by atoms with E-state index in [2.05, 4.69) is 15.6 Å². The zero-order chi connectivity index (χ0) is 14.7. The number of carbonyl (C=O) groups excluding carboxylic acids is 1. The van der Waals surface area contributed by atoms with Crippen LogP contribution in [0.15, 0.2) is 29.8 Å². The van der Waals surface area contributed by atoms with E-state index in [9.17, 15) is 4.79 Å². The summed E-state index contributed by atoms with van der Waals surface area (Å²) in [6.07, 6.45) is 1.64. The number of benzene rings is 1. The van der Waals surface area contributed by atoms with E-state index < -0.39 is 0 Å². The summed E-state index contributed by atoms with van der Waals surface area (Å²) in [4.78, 5) is 15.9. The minimum atomic E-state index is -0.285. The van der Waals surface area contributed by atoms with Gasteiger partial charge in [-0.25, -0.2) is 9.78 Å². The number of aromatic nitrogens is 1. The Bertz CT molecular complexity index is 630. The van der Waals surface area contributed by atoms with Crippen LogP contribution in [0.3, 0.4) is 0 Å². The summed E-state index contributed by atoms with van der Waals surface area (Å²) < 4.78 is 11.0. The molecule has 6 nitrogen and oxygen atoms in total. The number of nitrogens with zero attached hydrogens (tertiary/aromatic N) is 1. The predicted octanol–water partition coefficient (Wildman–Crippen LogP) is 2.80. The molecule has 2 aromatic rings. The minimum absolute atomic E-state index is 0.152. The second-order valence-corrected chi connectivity index (χ2v) is 5.46. The zero-order valence-electron chi connectivity index (χ0n) is 11.5. The number of rotatable bonds is 3. The SMILES string of the molecule is CC(NC(=O)Nc1nccs1)c1ccc2c(c1)OCCO2. The van der Waals surface area contributed by atoms with Gasteiger partial charge in [0.1, 0.15) is 13.2 Å². The first-order valence-corrected chi connectivity index (χ1v) is 7.47. The molecule has 1 aromatic heterocycles. The molecule has 2 amide bonds. The fourth-order valence-corrected chi connectivity index (χ4v) is 2.55. The molecule has 1 aliphatic rings. The zero-order valence-corrected chi connectivity index (χ0v) is 12.3. The number of fused-ring (bicyclic) bond motifs is 1. The maximum absolute atomic E-state index is 11.9. The summed E-state index contributed by atoms with van der Waals surface area (Å²) in [6.45, 7) is 3.02. The Morgan fingerprint density at radius 1 is 1.33 bits per heavy atom. The van der Waals surface area contributed by atoms with Crippen LogP contribution in [-0.4, -0.2) is 24.2 Å². The normalized spacial score (nSPS) is 14.3. The molecule has 0 aliphatic carbocycles. The maximum Gasteiger partial charge on any atom is 0.321 e. The molecule has 1 atom stereocenters. The van der Waals surface area contributed by atoms with Crippen LogP contribution in [0.25, 0.3) is 0 Å². The molecule has 7 heteroatoms. The van der Waals surface area contributed by atoms with Crippen LogP contribution in [0.1, 0.15) is 18.5 Å². The smallest absolute Gasteiger partial charge is 0.321 e. The van der Waals surface area contributed by atoms with E-state index in [1.165, 1.54) is 11.3 Å². The van der Waals surface area contributed by atoms with Crippen LogP contribution >= 0.6 is 11.3 Å². The van der Waals surface area contributed by atoms with Crippen molar-refractivity contribution in [2.24, 2.45) is 0 Å². The lowest BCUT2D eigenvalue weighted by Gasteiger charge is -2.21. The number of hydrogen-bond donors (Lipinski definition) is 2. The van der Waals surface area contributed by atoms with Gasteiger partial charge in [0.25, 0.3) is 0 Å². The van der Waals surface area contributed by atoms with E-state index >= 15 is 0 Å². The van der Waals surface area contributed by atoms with Gasteiger partial charge in [-0.1, -0.05) is 6.07 Å². The van der Waals surface area contributed by atoms with E-state index in [1.54, 1.807) is 11.6 Å². The van der Waals surface area contributed by atoms with Gasteiger partial charge in [-0.3, -0.25) is 5.32 Å². The van der Waals surface area contributed by atoms with Crippen molar-refractivity contribution in [2.45, 2.75) is 13.0 Å². The molecular weight excluding hydrogens is 290 g/mol. The summed E-state index contributed by atoms with van der Waals surface area (Å²) in [5, 5.41) is 7.92. The lowest BCUT2D eigenvalue weighted by atomic mass is 10.1. The van der Waals surface area contributed by atoms with Gasteiger partial charge < -0.3 is 14.8 Å². The van der Waals surface area contributed by atoms with Gasteiger partial charge in [0.2, 0.25) is 0 Å². The number of anilines is 1. The summed E-state index contributed by atoms with van der Waals surface area (Å²) in [5.74, 6) is 1.46. The van der Waals surface area contributed by atoms with Crippen molar-refractivity contribution < 1.29 is 14.3 Å². The topological polar surface area (TPSA) is 72.5 Å². The monoisotopic (exact) mass is 305 g/mol. The molecule has 0 spiro atoms. The van der Waals surface area contributed by atoms with Crippen molar-refractivity contribution in [3.8, 4) is 11.5 Å². The van der Waals surface area contributed by atoms with Gasteiger partial charge in [0, 0.05) is 11.6 Å². The van der Waals surface area contributed by atoms with Gasteiger partial charge in [0.15, 0.2) is 16.6 Å². The summed E-state index contributed by atoms with van der Waals surface area (Å²) in [5.41, 5.74) is 0.952. The molecule has 21 heavy (non-hydrogen) atoms. The Hall–Kier alpha value is -2.28. The van der Waals surface area contributed by atoms with E-state index in [4.69, 9.17) is 9.47 Å². The van der Waals surface area contributed by atoms with E-state index in [-0.39, 0.29) is 12.1 Å². The number of hydrogen-bond acceptors (Lipinski definition) is 5. The lowest BCUT2D eigenvalue weighted by Crippen LogP contribution is -2.31. The van der Waals surface area contributed by atoms with Crippen LogP contribution in [-0.2, 0) is 0 Å². The Balaban J connectivity index is 1.64. The third-order valence-corrected chi connectivity index (χ3v) is 3.76. The number of amides is 2. The average molecular weight is 305 g/mol. The molecule has 1 aliphatic heterocycles. The van der Waals surface area contributed by atoms with Crippen LogP contribution in [0.2, 0.25) is 0 Å². The number of nitrogens with one attached hydrogen (secondary N) is 2. The van der Waals surface area contributed by atoms with Crippen molar-refractivity contribution in [1.29, 1.82) is 0 Å². The molecule has 0 radical (unpaired) electrons. The first kappa shape index (κ1) is 13.7. The quantitative estimate of drug-likeness (QED) is 0.914. The first-order valence-electron chi connectivity index (χ1n) is 6.59. The maximum atomic E-state index is 11.9. The largest absolute Gasteiger partial charge is 0.486 e. The van der Waals surface area contributed by atoms with Crippen molar-refractivity contribution in [3.05, 3.63) is 35.3 Å². The van der Waals surface area contributed by atoms with Crippen LogP contribution < -0.4 is 20.1 Å². The Morgan fingerprint density at radius 2 is 2.14 bits per heavy atom. The van der Waals surface area contributed by atoms with E-state index in [0.29, 0.717) is 24.1 Å². The van der Waals surface area contributed by atoms with Crippen LogP contribution in [0, 0.1) is 0 Å². The Morgan fingerprint density at radius 3 is 2.90 bits per heavy atom. The van der Waals surface area contributed by atoms with Gasteiger partial charge in [0.05, 0.1) is 6.04 Å². The van der Waals surface area contributed by atoms with Gasteiger partial charge in [-0.05, 0) is 24.6 Å². The van der Waals surface area contributed by atoms with Gasteiger partial charge in [-0.2, -0.15) is 0 Å². The van der Waals surface area contributed by atoms with E-state index in [0.717, 1.165) is 11.3 Å². The van der Waals surface area contributed by atoms with Crippen molar-refractivity contribution in [3.63, 3.8) is 0 Å². The summed E-state index contributed by atoms with van der Waals surface area (Å²) in [7, 11) is 0. The van der Waals surface area contributed by atoms with Gasteiger partial charge >= 0.3 is 6.03 Å². The third-order valence-electron chi connectivity index (χ3n) is 3.07. The third kappa shape index (κ3) is 3.25. The number of urea groups is 1. The standard InChI is InChI=1S/C14H15N3O3S/c1-9(16-13(18)17-14-15-4-7-21-14)10-2-3-11-12(8-10)20-6-5-19-11/h2-4,7-9H,5-6H2,1H3,(H2,15,16,17,18). The first-order chi connectivity index (χ1) is 10.2. The number of thiazole rings is 1. The molecule has 3 rings (SSSR count). The molecule has 1 unspecified atom stereocenters. The molecule has 1 aromatic carbocycles. The van der Waals surface area contributed by atoms with Crippen molar-refractivity contribution in [2.75, 3.05) is 18.5 Å². The molecule has 110 valence electrons. The number of carbonyl (C=O) groups is 1. The molecule has 0 saturated carbocycles. The molecule has 0 saturated heterocycles. The van der Waals surface area contributed by atoms with E-state index in [1.807, 2.05) is 25.1 Å². The molecule has 0 bridgehead atoms. The molecular formula is C14H15N3O3S. The highest BCUT2D eigenvalue weighted by Crippen LogP contribution is 2.32. The van der Waals surface area contributed by atoms with Gasteiger partial charge in [-0.15, -0.1) is 11.3 Å². The van der Waals surface area contributed by atoms with Crippen molar-refractivity contribution >= 4 is 22.5 Å². The van der Waals surface area contributed by atoms with Crippen LogP contribution in [0.5, 0.6) is 11.5 Å². The highest BCUT2D eigenvalue weighted by Gasteiger charge is 2.16. The lowest BCUT2D eigenvalue weighted by molar-refractivity contribution is 0.171. The summed E-state index contributed by atoms with van der Waals surface area (Å²) in [6, 6.07) is 5.24. The van der Waals surface area contributed by atoms with Crippen molar-refractivity contribution in [1.82, 2.24) is 10.3 Å². The number of ether oxygens (including phenoxy) is 2. The Kier molecular flexibility index (Phi) is 3.92. The fourth-order valence-electron chi connectivity index (χ4n) is 2.03. The summed E-state index contributed by atoms with van der Waals surface area (Å²) >= 11 is 1.37.